The number of aromatic nitrogens is 3. The number of thioether (sulfide) groups is 1. The number of nitrogens with one attached hydrogen (secondary N) is 1. The average molecular weight is 553 g/mol. The molecule has 0 saturated carbocycles. The van der Waals surface area contributed by atoms with E-state index in [0.717, 1.165) is 20.4 Å². The Balaban J connectivity index is 1.73. The summed E-state index contributed by atoms with van der Waals surface area (Å²) < 4.78 is 3.09. The molecule has 0 unspecified atom stereocenters. The molecule has 1 aromatic heterocycles. The van der Waals surface area contributed by atoms with Crippen molar-refractivity contribution < 1.29 is 4.79 Å². The lowest BCUT2D eigenvalue weighted by Gasteiger charge is -2.14. The molecule has 0 aliphatic rings. The quantitative estimate of drug-likeness (QED) is 0.204. The van der Waals surface area contributed by atoms with Crippen LogP contribution >= 0.6 is 46.0 Å². The number of carbonyl (C=O) groups excluding carboxylic acids is 1. The minimum Gasteiger partial charge on any atom is -0.325 e. The molecule has 0 aliphatic carbocycles. The maximum absolute atomic E-state index is 12.6. The van der Waals surface area contributed by atoms with Crippen molar-refractivity contribution >= 4 is 57.5 Å². The first-order valence-corrected chi connectivity index (χ1v) is 11.9. The van der Waals surface area contributed by atoms with Crippen molar-refractivity contribution in [3.8, 4) is 11.4 Å². The number of nitrogens with zero attached hydrogens (tertiary/aromatic N) is 3. The van der Waals surface area contributed by atoms with Gasteiger partial charge in [0.25, 0.3) is 0 Å². The molecule has 0 saturated heterocycles. The van der Waals surface area contributed by atoms with Gasteiger partial charge in [-0.05, 0) is 76.5 Å². The fraction of sp³-hybridized carbons (Fsp3) is 0.227. The van der Waals surface area contributed by atoms with Crippen LogP contribution < -0.4 is 5.32 Å². The van der Waals surface area contributed by atoms with Crippen molar-refractivity contribution in [3.05, 3.63) is 69.3 Å². The maximum atomic E-state index is 12.6. The molecule has 2 aromatic carbocycles. The Morgan fingerprint density at radius 3 is 2.67 bits per heavy atom. The third-order valence-corrected chi connectivity index (χ3v) is 6.26. The lowest BCUT2D eigenvalue weighted by atomic mass is 10.0. The molecule has 0 fully saturated rings. The number of allylic oxidation sites excluding steroid dienone is 1. The Bertz CT molecular complexity index is 1050. The van der Waals surface area contributed by atoms with Gasteiger partial charge < -0.3 is 5.32 Å². The molecule has 0 bridgehead atoms. The van der Waals surface area contributed by atoms with Gasteiger partial charge >= 0.3 is 0 Å². The van der Waals surface area contributed by atoms with Crippen LogP contribution in [0.2, 0.25) is 5.02 Å². The molecule has 3 rings (SSSR count). The molecule has 156 valence electrons. The molecule has 5 nitrogen and oxygen atoms in total. The Morgan fingerprint density at radius 1 is 1.27 bits per heavy atom. The largest absolute Gasteiger partial charge is 0.325 e. The standard InChI is InChI=1S/C22H22ClIN4OS/c1-4-11-28-21(15-5-7-16(23)8-6-15)26-27-22(28)30-13-20(29)25-19-10-9-17(24)12-18(19)14(2)3/h4-10,12,14H,1,11,13H2,2-3H3,(H,25,29). The molecule has 0 radical (unpaired) electrons. The Morgan fingerprint density at radius 2 is 2.00 bits per heavy atom. The van der Waals surface area contributed by atoms with Crippen LogP contribution in [0.1, 0.15) is 25.3 Å². The summed E-state index contributed by atoms with van der Waals surface area (Å²) in [6, 6.07) is 13.5. The van der Waals surface area contributed by atoms with Gasteiger partial charge in [0.05, 0.1) is 5.75 Å². The highest BCUT2D eigenvalue weighted by Gasteiger charge is 2.16. The lowest BCUT2D eigenvalue weighted by molar-refractivity contribution is -0.113. The van der Waals surface area contributed by atoms with E-state index < -0.39 is 0 Å². The molecule has 3 aromatic rings. The van der Waals surface area contributed by atoms with Crippen LogP contribution in [0.15, 0.2) is 60.3 Å². The van der Waals surface area contributed by atoms with E-state index in [0.29, 0.717) is 28.5 Å². The molecule has 0 aliphatic heterocycles. The van der Waals surface area contributed by atoms with Gasteiger partial charge in [-0.3, -0.25) is 9.36 Å². The molecule has 8 heteroatoms. The SMILES string of the molecule is C=CCn1c(SCC(=O)Nc2ccc(I)cc2C(C)C)nnc1-c1ccc(Cl)cc1. The summed E-state index contributed by atoms with van der Waals surface area (Å²) in [6.07, 6.45) is 1.79. The summed E-state index contributed by atoms with van der Waals surface area (Å²) in [5.41, 5.74) is 2.89. The van der Waals surface area contributed by atoms with E-state index in [1.165, 1.54) is 11.8 Å². The molecule has 1 N–H and O–H groups in total. The van der Waals surface area contributed by atoms with Crippen LogP contribution in [0.4, 0.5) is 5.69 Å². The van der Waals surface area contributed by atoms with Crippen molar-refractivity contribution in [1.82, 2.24) is 14.8 Å². The summed E-state index contributed by atoms with van der Waals surface area (Å²) in [5.74, 6) is 1.19. The number of halogens is 2. The summed E-state index contributed by atoms with van der Waals surface area (Å²) in [6.45, 7) is 8.60. The molecule has 0 spiro atoms. The summed E-state index contributed by atoms with van der Waals surface area (Å²) in [4.78, 5) is 12.6. The fourth-order valence-electron chi connectivity index (χ4n) is 2.94. The van der Waals surface area contributed by atoms with Gasteiger partial charge in [0.15, 0.2) is 11.0 Å². The molecule has 30 heavy (non-hydrogen) atoms. The topological polar surface area (TPSA) is 59.8 Å². The Labute approximate surface area is 199 Å². The summed E-state index contributed by atoms with van der Waals surface area (Å²) in [5, 5.41) is 13.0. The molecular weight excluding hydrogens is 531 g/mol. The van der Waals surface area contributed by atoms with Crippen LogP contribution in [0.5, 0.6) is 0 Å². The van der Waals surface area contributed by atoms with E-state index in [4.69, 9.17) is 11.6 Å². The predicted octanol–water partition coefficient (Wildman–Crippen LogP) is 6.24. The third-order valence-electron chi connectivity index (χ3n) is 4.37. The molecular formula is C22H22ClIN4OS. The van der Waals surface area contributed by atoms with E-state index in [1.807, 2.05) is 41.0 Å². The zero-order valence-corrected chi connectivity index (χ0v) is 20.5. The van der Waals surface area contributed by atoms with E-state index in [9.17, 15) is 4.79 Å². The van der Waals surface area contributed by atoms with E-state index in [-0.39, 0.29) is 11.7 Å². The smallest absolute Gasteiger partial charge is 0.234 e. The maximum Gasteiger partial charge on any atom is 0.234 e. The Hall–Kier alpha value is -1.84. The van der Waals surface area contributed by atoms with Gasteiger partial charge in [0.2, 0.25) is 5.91 Å². The van der Waals surface area contributed by atoms with Crippen LogP contribution in [0, 0.1) is 3.57 Å². The number of hydrogen-bond donors (Lipinski definition) is 1. The van der Waals surface area contributed by atoms with Crippen molar-refractivity contribution in [3.63, 3.8) is 0 Å². The van der Waals surface area contributed by atoms with Crippen molar-refractivity contribution in [2.75, 3.05) is 11.1 Å². The Kier molecular flexibility index (Phi) is 7.96. The minimum absolute atomic E-state index is 0.0793. The summed E-state index contributed by atoms with van der Waals surface area (Å²) in [7, 11) is 0. The second-order valence-corrected chi connectivity index (χ2v) is 9.56. The number of anilines is 1. The number of hydrogen-bond acceptors (Lipinski definition) is 4. The third kappa shape index (κ3) is 5.65. The van der Waals surface area contributed by atoms with Crippen LogP contribution in [-0.4, -0.2) is 26.4 Å². The second-order valence-electron chi connectivity index (χ2n) is 6.94. The van der Waals surface area contributed by atoms with Gasteiger partial charge in [0.1, 0.15) is 0 Å². The van der Waals surface area contributed by atoms with Gasteiger partial charge in [0, 0.05) is 26.4 Å². The van der Waals surface area contributed by atoms with Crippen LogP contribution in [0.25, 0.3) is 11.4 Å². The highest BCUT2D eigenvalue weighted by Crippen LogP contribution is 2.28. The first-order chi connectivity index (χ1) is 14.4. The molecule has 0 atom stereocenters. The van der Waals surface area contributed by atoms with Crippen molar-refractivity contribution in [2.24, 2.45) is 0 Å². The first-order valence-electron chi connectivity index (χ1n) is 9.41. The number of amides is 1. The van der Waals surface area contributed by atoms with E-state index in [1.54, 1.807) is 6.08 Å². The highest BCUT2D eigenvalue weighted by molar-refractivity contribution is 14.1. The lowest BCUT2D eigenvalue weighted by Crippen LogP contribution is -2.16. The predicted molar refractivity (Wildman–Crippen MR) is 133 cm³/mol. The normalized spacial score (nSPS) is 11.0. The van der Waals surface area contributed by atoms with Gasteiger partial charge in [-0.1, -0.05) is 43.3 Å². The monoisotopic (exact) mass is 552 g/mol. The van der Waals surface area contributed by atoms with Crippen molar-refractivity contribution in [1.29, 1.82) is 0 Å². The van der Waals surface area contributed by atoms with Crippen LogP contribution in [-0.2, 0) is 11.3 Å². The first kappa shape index (κ1) is 22.8. The zero-order valence-electron chi connectivity index (χ0n) is 16.7. The highest BCUT2D eigenvalue weighted by atomic mass is 127. The number of carbonyl (C=O) groups is 1. The van der Waals surface area contributed by atoms with E-state index in [2.05, 4.69) is 64.6 Å². The molecule has 1 heterocycles. The van der Waals surface area contributed by atoms with Crippen molar-refractivity contribution in [2.45, 2.75) is 31.5 Å². The zero-order chi connectivity index (χ0) is 21.7. The number of benzene rings is 2. The number of rotatable bonds is 8. The van der Waals surface area contributed by atoms with Gasteiger partial charge in [-0.25, -0.2) is 0 Å². The van der Waals surface area contributed by atoms with Gasteiger partial charge in [-0.2, -0.15) is 0 Å². The van der Waals surface area contributed by atoms with E-state index >= 15 is 0 Å². The minimum atomic E-state index is -0.0793. The summed E-state index contributed by atoms with van der Waals surface area (Å²) >= 11 is 9.62. The van der Waals surface area contributed by atoms with Gasteiger partial charge in [-0.15, -0.1) is 16.8 Å². The average Bonchev–Trinajstić information content (AvgIpc) is 3.11. The second kappa shape index (κ2) is 10.5. The van der Waals surface area contributed by atoms with Crippen LogP contribution in [0.3, 0.4) is 0 Å². The fourth-order valence-corrected chi connectivity index (χ4v) is 4.33. The molecule has 1 amide bonds.